The average molecular weight is 320 g/mol. The molecule has 0 fully saturated rings. The van der Waals surface area contributed by atoms with Gasteiger partial charge in [-0.3, -0.25) is 4.79 Å². The summed E-state index contributed by atoms with van der Waals surface area (Å²) in [5.74, 6) is -0.765. The van der Waals surface area contributed by atoms with Crippen LogP contribution in [0, 0.1) is 5.82 Å². The van der Waals surface area contributed by atoms with E-state index in [9.17, 15) is 9.18 Å². The van der Waals surface area contributed by atoms with Crippen molar-refractivity contribution in [2.45, 2.75) is 13.1 Å². The van der Waals surface area contributed by atoms with Crippen molar-refractivity contribution in [3.05, 3.63) is 69.4 Å². The zero-order valence-electron chi connectivity index (χ0n) is 10.1. The number of carbonyl (C=O) groups excluding carboxylic acids is 1. The van der Waals surface area contributed by atoms with E-state index < -0.39 is 5.82 Å². The molecule has 0 unspecified atom stereocenters. The second-order valence-corrected chi connectivity index (χ2v) is 5.39. The Hall–Kier alpha value is -1.68. The first-order chi connectivity index (χ1) is 9.16. The standard InChI is InChI=1S/C15H11BrFNO/c16-13-7-3-6-12(14(13)17)15(19)18-8-10-4-1-2-5-11(10)9-18/h1-7H,8-9H2. The Kier molecular flexibility index (Phi) is 3.11. The van der Waals surface area contributed by atoms with Gasteiger partial charge in [0.05, 0.1) is 10.0 Å². The van der Waals surface area contributed by atoms with Crippen LogP contribution in [-0.4, -0.2) is 10.8 Å². The molecule has 0 aromatic heterocycles. The lowest BCUT2D eigenvalue weighted by atomic mass is 10.1. The minimum absolute atomic E-state index is 0.113. The SMILES string of the molecule is O=C(c1cccc(Br)c1F)N1Cc2ccccc2C1. The fourth-order valence-electron chi connectivity index (χ4n) is 2.32. The number of nitrogens with zero attached hydrogens (tertiary/aromatic N) is 1. The second-order valence-electron chi connectivity index (χ2n) is 4.53. The van der Waals surface area contributed by atoms with Crippen molar-refractivity contribution >= 4 is 21.8 Å². The number of hydrogen-bond acceptors (Lipinski definition) is 1. The fourth-order valence-corrected chi connectivity index (χ4v) is 2.68. The minimum Gasteiger partial charge on any atom is -0.330 e. The first-order valence-corrected chi connectivity index (χ1v) is 6.76. The van der Waals surface area contributed by atoms with Crippen LogP contribution < -0.4 is 0 Å². The predicted octanol–water partition coefficient (Wildman–Crippen LogP) is 3.74. The molecule has 1 aliphatic rings. The summed E-state index contributed by atoms with van der Waals surface area (Å²) in [4.78, 5) is 14.0. The predicted molar refractivity (Wildman–Crippen MR) is 74.1 cm³/mol. The van der Waals surface area contributed by atoms with Crippen LogP contribution in [0.2, 0.25) is 0 Å². The van der Waals surface area contributed by atoms with Crippen molar-refractivity contribution in [2.24, 2.45) is 0 Å². The molecule has 2 aromatic carbocycles. The summed E-state index contributed by atoms with van der Waals surface area (Å²) in [5.41, 5.74) is 2.37. The van der Waals surface area contributed by atoms with Crippen LogP contribution in [0.1, 0.15) is 21.5 Å². The van der Waals surface area contributed by atoms with E-state index in [0.717, 1.165) is 11.1 Å². The highest BCUT2D eigenvalue weighted by atomic mass is 79.9. The highest BCUT2D eigenvalue weighted by Crippen LogP contribution is 2.26. The molecular formula is C15H11BrFNO. The highest BCUT2D eigenvalue weighted by Gasteiger charge is 2.26. The number of carbonyl (C=O) groups is 1. The van der Waals surface area contributed by atoms with Crippen LogP contribution in [0.5, 0.6) is 0 Å². The number of benzene rings is 2. The van der Waals surface area contributed by atoms with E-state index in [1.807, 2.05) is 24.3 Å². The lowest BCUT2D eigenvalue weighted by Crippen LogP contribution is -2.26. The van der Waals surface area contributed by atoms with Crippen LogP contribution in [0.25, 0.3) is 0 Å². The highest BCUT2D eigenvalue weighted by molar-refractivity contribution is 9.10. The number of hydrogen-bond donors (Lipinski definition) is 0. The van der Waals surface area contributed by atoms with Gasteiger partial charge in [-0.1, -0.05) is 30.3 Å². The molecule has 0 bridgehead atoms. The van der Waals surface area contributed by atoms with Gasteiger partial charge in [0.2, 0.25) is 0 Å². The van der Waals surface area contributed by atoms with Crippen LogP contribution in [-0.2, 0) is 13.1 Å². The topological polar surface area (TPSA) is 20.3 Å². The molecule has 0 aliphatic carbocycles. The molecule has 2 aromatic rings. The third-order valence-electron chi connectivity index (χ3n) is 3.31. The molecule has 0 atom stereocenters. The van der Waals surface area contributed by atoms with Crippen molar-refractivity contribution in [3.8, 4) is 0 Å². The number of fused-ring (bicyclic) bond motifs is 1. The van der Waals surface area contributed by atoms with Gasteiger partial charge in [0, 0.05) is 13.1 Å². The summed E-state index contributed by atoms with van der Waals surface area (Å²) in [6.45, 7) is 1.09. The Morgan fingerprint density at radius 2 is 1.68 bits per heavy atom. The van der Waals surface area contributed by atoms with Gasteiger partial charge in [-0.25, -0.2) is 4.39 Å². The maximum atomic E-state index is 13.9. The summed E-state index contributed by atoms with van der Waals surface area (Å²) >= 11 is 3.11. The molecule has 0 saturated carbocycles. The van der Waals surface area contributed by atoms with E-state index in [-0.39, 0.29) is 11.5 Å². The van der Waals surface area contributed by atoms with Gasteiger partial charge in [0.25, 0.3) is 5.91 Å². The summed E-state index contributed by atoms with van der Waals surface area (Å²) < 4.78 is 14.3. The smallest absolute Gasteiger partial charge is 0.257 e. The summed E-state index contributed by atoms with van der Waals surface area (Å²) in [5, 5.41) is 0. The van der Waals surface area contributed by atoms with Gasteiger partial charge in [0.15, 0.2) is 0 Å². The molecule has 1 aliphatic heterocycles. The van der Waals surface area contributed by atoms with E-state index in [2.05, 4.69) is 15.9 Å². The van der Waals surface area contributed by atoms with E-state index in [1.54, 1.807) is 17.0 Å². The van der Waals surface area contributed by atoms with Gasteiger partial charge in [0.1, 0.15) is 5.82 Å². The van der Waals surface area contributed by atoms with Gasteiger partial charge in [-0.2, -0.15) is 0 Å². The molecular weight excluding hydrogens is 309 g/mol. The molecule has 4 heteroatoms. The lowest BCUT2D eigenvalue weighted by molar-refractivity contribution is 0.0746. The first-order valence-electron chi connectivity index (χ1n) is 5.97. The molecule has 0 spiro atoms. The van der Waals surface area contributed by atoms with Gasteiger partial charge in [-0.05, 0) is 39.2 Å². The Bertz CT molecular complexity index is 631. The summed E-state index contributed by atoms with van der Waals surface area (Å²) in [6.07, 6.45) is 0. The van der Waals surface area contributed by atoms with Crippen LogP contribution in [0.15, 0.2) is 46.9 Å². The number of rotatable bonds is 1. The first kappa shape index (κ1) is 12.4. The Morgan fingerprint density at radius 3 is 2.32 bits per heavy atom. The second kappa shape index (κ2) is 4.78. The van der Waals surface area contributed by atoms with Crippen LogP contribution in [0.3, 0.4) is 0 Å². The largest absolute Gasteiger partial charge is 0.330 e. The molecule has 0 saturated heterocycles. The molecule has 2 nitrogen and oxygen atoms in total. The van der Waals surface area contributed by atoms with Crippen LogP contribution in [0.4, 0.5) is 4.39 Å². The maximum absolute atomic E-state index is 13.9. The van der Waals surface area contributed by atoms with E-state index in [1.165, 1.54) is 6.07 Å². The fraction of sp³-hybridized carbons (Fsp3) is 0.133. The van der Waals surface area contributed by atoms with Gasteiger partial charge >= 0.3 is 0 Å². The number of halogens is 2. The molecule has 0 radical (unpaired) electrons. The minimum atomic E-state index is -0.497. The molecule has 1 heterocycles. The van der Waals surface area contributed by atoms with Crippen molar-refractivity contribution in [3.63, 3.8) is 0 Å². The lowest BCUT2D eigenvalue weighted by Gasteiger charge is -2.16. The third-order valence-corrected chi connectivity index (χ3v) is 3.92. The van der Waals surface area contributed by atoms with Crippen molar-refractivity contribution in [1.82, 2.24) is 4.90 Å². The molecule has 19 heavy (non-hydrogen) atoms. The monoisotopic (exact) mass is 319 g/mol. The van der Waals surface area contributed by atoms with Crippen molar-refractivity contribution in [1.29, 1.82) is 0 Å². The zero-order valence-corrected chi connectivity index (χ0v) is 11.7. The van der Waals surface area contributed by atoms with Crippen molar-refractivity contribution < 1.29 is 9.18 Å². The molecule has 1 amide bonds. The maximum Gasteiger partial charge on any atom is 0.257 e. The Morgan fingerprint density at radius 1 is 1.05 bits per heavy atom. The third kappa shape index (κ3) is 2.16. The summed E-state index contributed by atoms with van der Waals surface area (Å²) in [6, 6.07) is 12.7. The van der Waals surface area contributed by atoms with Crippen LogP contribution >= 0.6 is 15.9 Å². The van der Waals surface area contributed by atoms with E-state index in [0.29, 0.717) is 17.6 Å². The van der Waals surface area contributed by atoms with E-state index >= 15 is 0 Å². The Balaban J connectivity index is 1.89. The molecule has 0 N–H and O–H groups in total. The number of amides is 1. The Labute approximate surface area is 119 Å². The quantitative estimate of drug-likeness (QED) is 0.784. The van der Waals surface area contributed by atoms with Gasteiger partial charge < -0.3 is 4.90 Å². The van der Waals surface area contributed by atoms with E-state index in [4.69, 9.17) is 0 Å². The zero-order chi connectivity index (χ0) is 13.4. The van der Waals surface area contributed by atoms with Crippen molar-refractivity contribution in [2.75, 3.05) is 0 Å². The summed E-state index contributed by atoms with van der Waals surface area (Å²) in [7, 11) is 0. The normalized spacial score (nSPS) is 13.5. The average Bonchev–Trinajstić information content (AvgIpc) is 2.85. The molecule has 96 valence electrons. The van der Waals surface area contributed by atoms with Gasteiger partial charge in [-0.15, -0.1) is 0 Å². The molecule has 3 rings (SSSR count).